The molecule has 0 bridgehead atoms. The Labute approximate surface area is 163 Å². The van der Waals surface area contributed by atoms with Crippen LogP contribution >= 0.6 is 11.6 Å². The number of hydrogen-bond donors (Lipinski definition) is 1. The molecule has 1 N–H and O–H groups in total. The van der Waals surface area contributed by atoms with Crippen LogP contribution < -0.4 is 5.32 Å². The lowest BCUT2D eigenvalue weighted by Crippen LogP contribution is -2.29. The molecule has 3 aromatic rings. The Hall–Kier alpha value is -2.58. The molecular formula is C24H20ClNO. The van der Waals surface area contributed by atoms with Gasteiger partial charge in [-0.05, 0) is 52.4 Å². The first kappa shape index (κ1) is 16.6. The van der Waals surface area contributed by atoms with Crippen LogP contribution in [0.25, 0.3) is 16.3 Å². The predicted octanol–water partition coefficient (Wildman–Crippen LogP) is 6.41. The number of nitrogens with one attached hydrogen (secondary N) is 1. The smallest absolute Gasteiger partial charge is 0.161 e. The van der Waals surface area contributed by atoms with Gasteiger partial charge in [-0.15, -0.1) is 0 Å². The third-order valence-electron chi connectivity index (χ3n) is 5.73. The molecule has 3 aromatic carbocycles. The zero-order valence-corrected chi connectivity index (χ0v) is 15.9. The van der Waals surface area contributed by atoms with Crippen LogP contribution in [-0.4, -0.2) is 5.78 Å². The molecule has 2 aliphatic rings. The van der Waals surface area contributed by atoms with Crippen LogP contribution in [0, 0.1) is 5.92 Å². The van der Waals surface area contributed by atoms with Gasteiger partial charge >= 0.3 is 0 Å². The number of carbonyl (C=O) groups is 1. The average Bonchev–Trinajstić information content (AvgIpc) is 2.67. The number of benzene rings is 3. The highest BCUT2D eigenvalue weighted by Crippen LogP contribution is 2.49. The molecular weight excluding hydrogens is 354 g/mol. The summed E-state index contributed by atoms with van der Waals surface area (Å²) in [5.41, 5.74) is 5.53. The third kappa shape index (κ3) is 2.67. The molecule has 5 rings (SSSR count). The number of Topliss-reactive ketones (excluding diaryl/α,β-unsaturated/α-hetero) is 1. The van der Waals surface area contributed by atoms with Gasteiger partial charge in [0.25, 0.3) is 0 Å². The molecule has 134 valence electrons. The van der Waals surface area contributed by atoms with Crippen molar-refractivity contribution < 1.29 is 4.79 Å². The molecule has 0 amide bonds. The van der Waals surface area contributed by atoms with E-state index in [1.807, 2.05) is 24.3 Å². The molecule has 0 spiro atoms. The van der Waals surface area contributed by atoms with Gasteiger partial charge in [-0.25, -0.2) is 0 Å². The van der Waals surface area contributed by atoms with Crippen LogP contribution in [-0.2, 0) is 4.79 Å². The van der Waals surface area contributed by atoms with E-state index in [4.69, 9.17) is 11.6 Å². The van der Waals surface area contributed by atoms with E-state index < -0.39 is 0 Å². The summed E-state index contributed by atoms with van der Waals surface area (Å²) in [5.74, 6) is 0.627. The predicted molar refractivity (Wildman–Crippen MR) is 112 cm³/mol. The second-order valence-electron chi connectivity index (χ2n) is 7.67. The van der Waals surface area contributed by atoms with Gasteiger partial charge in [-0.2, -0.15) is 0 Å². The van der Waals surface area contributed by atoms with Crippen molar-refractivity contribution in [2.24, 2.45) is 5.92 Å². The van der Waals surface area contributed by atoms with E-state index in [0.29, 0.717) is 17.4 Å². The first-order valence-electron chi connectivity index (χ1n) is 9.42. The van der Waals surface area contributed by atoms with Crippen molar-refractivity contribution in [1.29, 1.82) is 0 Å². The summed E-state index contributed by atoms with van der Waals surface area (Å²) in [4.78, 5) is 13.1. The van der Waals surface area contributed by atoms with Gasteiger partial charge in [0.15, 0.2) is 5.78 Å². The van der Waals surface area contributed by atoms with Gasteiger partial charge < -0.3 is 5.32 Å². The van der Waals surface area contributed by atoms with Gasteiger partial charge in [-0.1, -0.05) is 61.0 Å². The summed E-state index contributed by atoms with van der Waals surface area (Å²) in [6.45, 7) is 2.17. The maximum atomic E-state index is 13.1. The van der Waals surface area contributed by atoms with E-state index in [9.17, 15) is 4.79 Å². The summed E-state index contributed by atoms with van der Waals surface area (Å²) in [6.07, 6.45) is 1.55. The quantitative estimate of drug-likeness (QED) is 0.533. The van der Waals surface area contributed by atoms with E-state index in [0.717, 1.165) is 23.2 Å². The standard InChI is InChI=1S/C24H20ClNO/c1-14-12-19-22-18-5-3-2-4-15(18)8-11-20(22)26-24(23(19)21(27)13-14)16-6-9-17(25)10-7-16/h2-11,14,24,26H,12-13H2,1H3/t14-,24-/m0/s1. The Kier molecular flexibility index (Phi) is 3.84. The lowest BCUT2D eigenvalue weighted by Gasteiger charge is -2.36. The Morgan fingerprint density at radius 2 is 1.74 bits per heavy atom. The molecule has 0 unspecified atom stereocenters. The minimum atomic E-state index is -0.120. The summed E-state index contributed by atoms with van der Waals surface area (Å²) in [6, 6.07) is 20.4. The molecule has 0 saturated carbocycles. The van der Waals surface area contributed by atoms with Crippen LogP contribution in [0.1, 0.15) is 36.9 Å². The molecule has 0 saturated heterocycles. The molecule has 3 heteroatoms. The monoisotopic (exact) mass is 373 g/mol. The number of halogens is 1. The summed E-state index contributed by atoms with van der Waals surface area (Å²) in [5, 5.41) is 6.78. The summed E-state index contributed by atoms with van der Waals surface area (Å²) in [7, 11) is 0. The Morgan fingerprint density at radius 1 is 0.963 bits per heavy atom. The van der Waals surface area contributed by atoms with Crippen molar-refractivity contribution in [2.45, 2.75) is 25.8 Å². The molecule has 1 heterocycles. The van der Waals surface area contributed by atoms with Crippen molar-refractivity contribution in [2.75, 3.05) is 5.32 Å². The largest absolute Gasteiger partial charge is 0.373 e. The lowest BCUT2D eigenvalue weighted by molar-refractivity contribution is -0.116. The molecule has 1 aliphatic carbocycles. The maximum absolute atomic E-state index is 13.1. The van der Waals surface area contributed by atoms with Gasteiger partial charge in [-0.3, -0.25) is 4.79 Å². The fraction of sp³-hybridized carbons (Fsp3) is 0.208. The Bertz CT molecular complexity index is 1100. The fourth-order valence-corrected chi connectivity index (χ4v) is 4.67. The second-order valence-corrected chi connectivity index (χ2v) is 8.10. The zero-order chi connectivity index (χ0) is 18.5. The number of allylic oxidation sites excluding steroid dienone is 1. The highest BCUT2D eigenvalue weighted by Gasteiger charge is 2.36. The normalized spacial score (nSPS) is 21.6. The van der Waals surface area contributed by atoms with Gasteiger partial charge in [0.1, 0.15) is 0 Å². The summed E-state index contributed by atoms with van der Waals surface area (Å²) >= 11 is 6.08. The molecule has 1 aliphatic heterocycles. The SMILES string of the molecule is C[C@@H]1CC(=O)C2=C(C1)c1c(ccc3ccccc13)N[C@H]2c1ccc(Cl)cc1. The van der Waals surface area contributed by atoms with Crippen molar-refractivity contribution in [3.05, 3.63) is 82.4 Å². The van der Waals surface area contributed by atoms with Crippen LogP contribution in [0.15, 0.2) is 66.2 Å². The van der Waals surface area contributed by atoms with E-state index in [2.05, 4.69) is 48.6 Å². The second kappa shape index (κ2) is 6.24. The average molecular weight is 374 g/mol. The highest BCUT2D eigenvalue weighted by atomic mass is 35.5. The van der Waals surface area contributed by atoms with Crippen LogP contribution in [0.4, 0.5) is 5.69 Å². The van der Waals surface area contributed by atoms with E-state index in [-0.39, 0.29) is 11.8 Å². The molecule has 2 nitrogen and oxygen atoms in total. The minimum Gasteiger partial charge on any atom is -0.373 e. The highest BCUT2D eigenvalue weighted by molar-refractivity contribution is 6.30. The van der Waals surface area contributed by atoms with Crippen LogP contribution in [0.5, 0.6) is 0 Å². The first-order chi connectivity index (χ1) is 13.1. The first-order valence-corrected chi connectivity index (χ1v) is 9.80. The lowest BCUT2D eigenvalue weighted by atomic mass is 9.74. The molecule has 0 radical (unpaired) electrons. The van der Waals surface area contributed by atoms with E-state index in [1.54, 1.807) is 0 Å². The van der Waals surface area contributed by atoms with E-state index >= 15 is 0 Å². The van der Waals surface area contributed by atoms with Crippen LogP contribution in [0.2, 0.25) is 5.02 Å². The van der Waals surface area contributed by atoms with Gasteiger partial charge in [0, 0.05) is 28.3 Å². The molecule has 0 fully saturated rings. The Balaban J connectivity index is 1.78. The third-order valence-corrected chi connectivity index (χ3v) is 5.99. The van der Waals surface area contributed by atoms with E-state index in [1.165, 1.54) is 21.9 Å². The fourth-order valence-electron chi connectivity index (χ4n) is 4.55. The number of anilines is 1. The van der Waals surface area contributed by atoms with Crippen molar-refractivity contribution >= 4 is 39.4 Å². The molecule has 0 aromatic heterocycles. The molecule has 2 atom stereocenters. The summed E-state index contributed by atoms with van der Waals surface area (Å²) < 4.78 is 0. The topological polar surface area (TPSA) is 29.1 Å². The number of carbonyl (C=O) groups excluding carboxylic acids is 1. The number of fused-ring (bicyclic) bond motifs is 4. The maximum Gasteiger partial charge on any atom is 0.161 e. The van der Waals surface area contributed by atoms with Crippen LogP contribution in [0.3, 0.4) is 0 Å². The van der Waals surface area contributed by atoms with Crippen molar-refractivity contribution in [3.8, 4) is 0 Å². The zero-order valence-electron chi connectivity index (χ0n) is 15.1. The Morgan fingerprint density at radius 3 is 2.56 bits per heavy atom. The molecule has 27 heavy (non-hydrogen) atoms. The van der Waals surface area contributed by atoms with Gasteiger partial charge in [0.05, 0.1) is 6.04 Å². The van der Waals surface area contributed by atoms with Crippen molar-refractivity contribution in [1.82, 2.24) is 0 Å². The van der Waals surface area contributed by atoms with Gasteiger partial charge in [0.2, 0.25) is 0 Å². The minimum absolute atomic E-state index is 0.120. The number of rotatable bonds is 1. The van der Waals surface area contributed by atoms with Crippen molar-refractivity contribution in [3.63, 3.8) is 0 Å². The number of hydrogen-bond acceptors (Lipinski definition) is 2. The number of ketones is 1.